The summed E-state index contributed by atoms with van der Waals surface area (Å²) in [5.74, 6) is -0.177. The largest absolute Gasteiger partial charge is 0.380 e. The van der Waals surface area contributed by atoms with Gasteiger partial charge >= 0.3 is 0 Å². The van der Waals surface area contributed by atoms with Gasteiger partial charge < -0.3 is 9.30 Å². The Hall–Kier alpha value is -1.76. The van der Waals surface area contributed by atoms with E-state index in [9.17, 15) is 4.79 Å². The van der Waals surface area contributed by atoms with Gasteiger partial charge in [0.2, 0.25) is 0 Å². The van der Waals surface area contributed by atoms with Gasteiger partial charge in [-0.3, -0.25) is 4.79 Å². The first kappa shape index (κ1) is 19.6. The quantitative estimate of drug-likeness (QED) is 0.497. The van der Waals surface area contributed by atoms with Gasteiger partial charge in [0, 0.05) is 23.2 Å². The predicted molar refractivity (Wildman–Crippen MR) is 117 cm³/mol. The second kappa shape index (κ2) is 8.72. The number of thiazole rings is 1. The normalized spacial score (nSPS) is 14.4. The van der Waals surface area contributed by atoms with E-state index in [1.807, 2.05) is 25.1 Å². The zero-order chi connectivity index (χ0) is 19.5. The van der Waals surface area contributed by atoms with E-state index in [2.05, 4.69) is 43.7 Å². The molecule has 1 aliphatic carbocycles. The number of hydrogen-bond donors (Lipinski definition) is 0. The third kappa shape index (κ3) is 4.14. The number of benzene rings is 2. The topological polar surface area (TPSA) is 43.6 Å². The van der Waals surface area contributed by atoms with Crippen molar-refractivity contribution in [1.82, 2.24) is 4.57 Å². The number of aryl methyl sites for hydroxylation is 2. The van der Waals surface area contributed by atoms with Crippen LogP contribution in [0.4, 0.5) is 0 Å². The molecule has 1 heterocycles. The Morgan fingerprint density at radius 3 is 2.82 bits per heavy atom. The third-order valence-electron chi connectivity index (χ3n) is 5.10. The summed E-state index contributed by atoms with van der Waals surface area (Å²) in [6.45, 7) is 3.93. The van der Waals surface area contributed by atoms with Gasteiger partial charge in [-0.05, 0) is 74.1 Å². The summed E-state index contributed by atoms with van der Waals surface area (Å²) in [5.41, 5.74) is 4.43. The van der Waals surface area contributed by atoms with E-state index in [0.29, 0.717) is 25.3 Å². The molecule has 0 saturated carbocycles. The van der Waals surface area contributed by atoms with E-state index >= 15 is 0 Å². The maximum absolute atomic E-state index is 12.9. The summed E-state index contributed by atoms with van der Waals surface area (Å²) in [4.78, 5) is 18.1. The minimum absolute atomic E-state index is 0.177. The fourth-order valence-electron chi connectivity index (χ4n) is 3.67. The highest BCUT2D eigenvalue weighted by molar-refractivity contribution is 9.10. The Balaban J connectivity index is 1.73. The summed E-state index contributed by atoms with van der Waals surface area (Å²) in [6, 6.07) is 12.2. The molecule has 0 unspecified atom stereocenters. The van der Waals surface area contributed by atoms with Crippen LogP contribution in [0.3, 0.4) is 0 Å². The number of nitrogens with zero attached hydrogens (tertiary/aromatic N) is 2. The second-order valence-electron chi connectivity index (χ2n) is 6.95. The van der Waals surface area contributed by atoms with Gasteiger partial charge in [-0.15, -0.1) is 0 Å². The zero-order valence-corrected chi connectivity index (χ0v) is 18.3. The number of carbonyl (C=O) groups is 1. The molecule has 0 atom stereocenters. The van der Waals surface area contributed by atoms with Crippen molar-refractivity contribution in [1.29, 1.82) is 0 Å². The van der Waals surface area contributed by atoms with E-state index in [1.54, 1.807) is 0 Å². The van der Waals surface area contributed by atoms with Crippen molar-refractivity contribution in [3.05, 3.63) is 62.4 Å². The molecular weight excluding hydrogens is 436 g/mol. The summed E-state index contributed by atoms with van der Waals surface area (Å²) < 4.78 is 9.74. The van der Waals surface area contributed by atoms with Crippen molar-refractivity contribution in [2.75, 3.05) is 13.2 Å². The third-order valence-corrected chi connectivity index (χ3v) is 6.64. The first-order valence-electron chi connectivity index (χ1n) is 9.73. The van der Waals surface area contributed by atoms with Crippen LogP contribution in [0.1, 0.15) is 41.3 Å². The van der Waals surface area contributed by atoms with Crippen LogP contribution in [0.5, 0.6) is 0 Å². The molecule has 0 saturated heterocycles. The Morgan fingerprint density at radius 1 is 1.18 bits per heavy atom. The van der Waals surface area contributed by atoms with Crippen molar-refractivity contribution < 1.29 is 9.53 Å². The number of aromatic nitrogens is 1. The Bertz CT molecular complexity index is 1080. The molecule has 0 spiro atoms. The molecule has 0 fully saturated rings. The monoisotopic (exact) mass is 458 g/mol. The van der Waals surface area contributed by atoms with Crippen molar-refractivity contribution in [3.8, 4) is 0 Å². The highest BCUT2D eigenvalue weighted by atomic mass is 79.9. The fourth-order valence-corrected chi connectivity index (χ4v) is 5.27. The standard InChI is InChI=1S/C22H23BrN2O2S/c1-2-27-12-11-25-19-10-9-18(23)14-20(19)28-22(25)24-21(26)17-8-7-15-5-3-4-6-16(15)13-17/h7-10,13-14H,2-6,11-12H2,1H3. The van der Waals surface area contributed by atoms with Gasteiger partial charge in [0.1, 0.15) is 0 Å². The molecule has 0 aliphatic heterocycles. The molecule has 6 heteroatoms. The lowest BCUT2D eigenvalue weighted by Crippen LogP contribution is -2.20. The summed E-state index contributed by atoms with van der Waals surface area (Å²) >= 11 is 5.07. The summed E-state index contributed by atoms with van der Waals surface area (Å²) in [6.07, 6.45) is 4.61. The SMILES string of the molecule is CCOCCn1c(=NC(=O)c2ccc3c(c2)CCCC3)sc2cc(Br)ccc21. The van der Waals surface area contributed by atoms with E-state index in [-0.39, 0.29) is 5.91 Å². The second-order valence-corrected chi connectivity index (χ2v) is 8.88. The van der Waals surface area contributed by atoms with E-state index < -0.39 is 0 Å². The first-order valence-corrected chi connectivity index (χ1v) is 11.3. The maximum Gasteiger partial charge on any atom is 0.279 e. The molecule has 1 aromatic heterocycles. The minimum atomic E-state index is -0.177. The van der Waals surface area contributed by atoms with Crippen LogP contribution < -0.4 is 4.80 Å². The van der Waals surface area contributed by atoms with Crippen molar-refractivity contribution >= 4 is 43.4 Å². The molecule has 28 heavy (non-hydrogen) atoms. The van der Waals surface area contributed by atoms with Crippen LogP contribution in [0, 0.1) is 0 Å². The number of ether oxygens (including phenoxy) is 1. The van der Waals surface area contributed by atoms with Gasteiger partial charge in [-0.2, -0.15) is 4.99 Å². The Labute approximate surface area is 177 Å². The lowest BCUT2D eigenvalue weighted by atomic mass is 9.90. The van der Waals surface area contributed by atoms with Gasteiger partial charge in [0.15, 0.2) is 4.80 Å². The van der Waals surface area contributed by atoms with Crippen LogP contribution in [-0.2, 0) is 24.1 Å². The van der Waals surface area contributed by atoms with E-state index in [0.717, 1.165) is 32.3 Å². The molecule has 146 valence electrons. The van der Waals surface area contributed by atoms with Crippen LogP contribution >= 0.6 is 27.3 Å². The highest BCUT2D eigenvalue weighted by Gasteiger charge is 2.14. The van der Waals surface area contributed by atoms with E-state index in [4.69, 9.17) is 4.74 Å². The number of rotatable bonds is 5. The van der Waals surface area contributed by atoms with Gasteiger partial charge in [-0.25, -0.2) is 0 Å². The molecule has 2 aromatic carbocycles. The fraction of sp³-hybridized carbons (Fsp3) is 0.364. The zero-order valence-electron chi connectivity index (χ0n) is 15.9. The average Bonchev–Trinajstić information content (AvgIpc) is 3.04. The van der Waals surface area contributed by atoms with Crippen molar-refractivity contribution in [2.45, 2.75) is 39.2 Å². The molecule has 4 rings (SSSR count). The molecule has 0 N–H and O–H groups in total. The lowest BCUT2D eigenvalue weighted by Gasteiger charge is -2.15. The molecule has 1 aliphatic rings. The van der Waals surface area contributed by atoms with Gasteiger partial charge in [0.05, 0.1) is 16.8 Å². The molecular formula is C22H23BrN2O2S. The molecule has 4 nitrogen and oxygen atoms in total. The molecule has 1 amide bonds. The van der Waals surface area contributed by atoms with Crippen LogP contribution in [-0.4, -0.2) is 23.7 Å². The van der Waals surface area contributed by atoms with Crippen LogP contribution in [0.25, 0.3) is 10.2 Å². The lowest BCUT2D eigenvalue weighted by molar-refractivity contribution is 0.0996. The average molecular weight is 459 g/mol. The summed E-state index contributed by atoms with van der Waals surface area (Å²) in [5, 5.41) is 0. The molecule has 3 aromatic rings. The number of amides is 1. The van der Waals surface area contributed by atoms with Crippen LogP contribution in [0.2, 0.25) is 0 Å². The smallest absolute Gasteiger partial charge is 0.279 e. The Kier molecular flexibility index (Phi) is 6.09. The van der Waals surface area contributed by atoms with Gasteiger partial charge in [0.25, 0.3) is 5.91 Å². The number of carbonyl (C=O) groups excluding carboxylic acids is 1. The summed E-state index contributed by atoms with van der Waals surface area (Å²) in [7, 11) is 0. The predicted octanol–water partition coefficient (Wildman–Crippen LogP) is 5.12. The van der Waals surface area contributed by atoms with Crippen molar-refractivity contribution in [3.63, 3.8) is 0 Å². The Morgan fingerprint density at radius 2 is 2.00 bits per heavy atom. The first-order chi connectivity index (χ1) is 13.7. The number of hydrogen-bond acceptors (Lipinski definition) is 3. The highest BCUT2D eigenvalue weighted by Crippen LogP contribution is 2.24. The molecule has 0 radical (unpaired) electrons. The maximum atomic E-state index is 12.9. The van der Waals surface area contributed by atoms with Gasteiger partial charge in [-0.1, -0.05) is 33.3 Å². The van der Waals surface area contributed by atoms with E-state index in [1.165, 1.54) is 35.3 Å². The minimum Gasteiger partial charge on any atom is -0.380 e. The molecule has 0 bridgehead atoms. The number of halogens is 1. The number of fused-ring (bicyclic) bond motifs is 2. The van der Waals surface area contributed by atoms with Crippen molar-refractivity contribution in [2.24, 2.45) is 4.99 Å². The van der Waals surface area contributed by atoms with Crippen LogP contribution in [0.15, 0.2) is 45.9 Å².